The number of carbonyl (C=O) groups is 2. The molecule has 0 saturated carbocycles. The normalized spacial score (nSPS) is 11.8. The first-order valence-corrected chi connectivity index (χ1v) is 10.6. The van der Waals surface area contributed by atoms with E-state index in [1.165, 1.54) is 11.3 Å². The van der Waals surface area contributed by atoms with Gasteiger partial charge in [-0.3, -0.25) is 10.1 Å². The van der Waals surface area contributed by atoms with Crippen LogP contribution >= 0.6 is 34.5 Å². The van der Waals surface area contributed by atoms with Crippen LogP contribution < -0.4 is 16.0 Å². The van der Waals surface area contributed by atoms with Gasteiger partial charge in [0, 0.05) is 5.56 Å². The molecular formula is C20H19Cl2N5O2S. The third kappa shape index (κ3) is 5.47. The highest BCUT2D eigenvalue weighted by atomic mass is 35.5. The van der Waals surface area contributed by atoms with E-state index in [-0.39, 0.29) is 11.6 Å². The Labute approximate surface area is 187 Å². The molecule has 1 atom stereocenters. The largest absolute Gasteiger partial charge is 0.326 e. The van der Waals surface area contributed by atoms with Gasteiger partial charge in [0.2, 0.25) is 11.0 Å². The van der Waals surface area contributed by atoms with E-state index < -0.39 is 18.0 Å². The first-order chi connectivity index (χ1) is 14.3. The van der Waals surface area contributed by atoms with Gasteiger partial charge in [0.25, 0.3) is 0 Å². The van der Waals surface area contributed by atoms with Crippen molar-refractivity contribution in [1.29, 1.82) is 0 Å². The zero-order valence-corrected chi connectivity index (χ0v) is 18.5. The van der Waals surface area contributed by atoms with Crippen LogP contribution in [-0.2, 0) is 4.79 Å². The van der Waals surface area contributed by atoms with Crippen LogP contribution in [0.1, 0.15) is 13.8 Å². The minimum absolute atomic E-state index is 0.181. The number of hydrogen-bond acceptors (Lipinski definition) is 5. The van der Waals surface area contributed by atoms with Gasteiger partial charge in [-0.2, -0.15) is 0 Å². The molecule has 30 heavy (non-hydrogen) atoms. The molecular weight excluding hydrogens is 445 g/mol. The monoisotopic (exact) mass is 463 g/mol. The third-order valence-corrected chi connectivity index (χ3v) is 5.63. The maximum Gasteiger partial charge on any atom is 0.319 e. The van der Waals surface area contributed by atoms with Crippen LogP contribution in [0.25, 0.3) is 10.6 Å². The molecule has 0 saturated heterocycles. The van der Waals surface area contributed by atoms with Crippen LogP contribution in [0, 0.1) is 5.92 Å². The molecule has 1 unspecified atom stereocenters. The topological polar surface area (TPSA) is 96.0 Å². The van der Waals surface area contributed by atoms with E-state index in [1.807, 2.05) is 44.2 Å². The molecule has 3 N–H and O–H groups in total. The summed E-state index contributed by atoms with van der Waals surface area (Å²) in [4.78, 5) is 25.2. The van der Waals surface area contributed by atoms with E-state index in [2.05, 4.69) is 26.1 Å². The summed E-state index contributed by atoms with van der Waals surface area (Å²) < 4.78 is 0. The fraction of sp³-hybridized carbons (Fsp3) is 0.200. The van der Waals surface area contributed by atoms with Gasteiger partial charge in [0.15, 0.2) is 0 Å². The summed E-state index contributed by atoms with van der Waals surface area (Å²) in [6.45, 7) is 3.64. The summed E-state index contributed by atoms with van der Waals surface area (Å²) in [5, 5.41) is 17.7. The number of nitrogens with one attached hydrogen (secondary N) is 3. The molecule has 3 amide bonds. The van der Waals surface area contributed by atoms with Crippen molar-refractivity contribution in [1.82, 2.24) is 15.5 Å². The molecule has 0 fully saturated rings. The van der Waals surface area contributed by atoms with E-state index in [0.717, 1.165) is 5.56 Å². The lowest BCUT2D eigenvalue weighted by atomic mass is 10.0. The quantitative estimate of drug-likeness (QED) is 0.462. The van der Waals surface area contributed by atoms with Gasteiger partial charge in [-0.15, -0.1) is 10.2 Å². The average Bonchev–Trinajstić information content (AvgIpc) is 3.18. The fourth-order valence-corrected chi connectivity index (χ4v) is 3.84. The van der Waals surface area contributed by atoms with Crippen molar-refractivity contribution in [2.24, 2.45) is 5.92 Å². The van der Waals surface area contributed by atoms with Crippen LogP contribution in [-0.4, -0.2) is 28.2 Å². The Morgan fingerprint density at radius 2 is 1.60 bits per heavy atom. The third-order valence-electron chi connectivity index (χ3n) is 4.11. The number of para-hydroxylation sites is 1. The van der Waals surface area contributed by atoms with E-state index in [9.17, 15) is 9.59 Å². The molecule has 0 aliphatic rings. The Kier molecular flexibility index (Phi) is 7.25. The molecule has 0 aliphatic carbocycles. The number of halogens is 2. The number of benzene rings is 2. The summed E-state index contributed by atoms with van der Waals surface area (Å²) >= 11 is 13.4. The Morgan fingerprint density at radius 3 is 2.23 bits per heavy atom. The van der Waals surface area contributed by atoms with Crippen molar-refractivity contribution >= 4 is 57.3 Å². The standard InChI is InChI=1S/C20H19Cl2N5O2S/c1-11(2)15(23-19(29)24-16-13(21)9-6-10-14(16)22)17(28)25-20-27-26-18(30-20)12-7-4-3-5-8-12/h3-11,15H,1-2H3,(H2,23,24,29)(H,25,27,28). The van der Waals surface area contributed by atoms with Gasteiger partial charge in [0.05, 0.1) is 15.7 Å². The number of aromatic nitrogens is 2. The number of carbonyl (C=O) groups excluding carboxylic acids is 2. The van der Waals surface area contributed by atoms with Crippen LogP contribution in [0.5, 0.6) is 0 Å². The molecule has 3 rings (SSSR count). The van der Waals surface area contributed by atoms with Crippen LogP contribution in [0.15, 0.2) is 48.5 Å². The number of anilines is 2. The molecule has 0 bridgehead atoms. The lowest BCUT2D eigenvalue weighted by Crippen LogP contribution is -2.48. The molecule has 0 spiro atoms. The second kappa shape index (κ2) is 9.88. The van der Waals surface area contributed by atoms with Crippen LogP contribution in [0.4, 0.5) is 15.6 Å². The molecule has 7 nitrogen and oxygen atoms in total. The van der Waals surface area contributed by atoms with Crippen LogP contribution in [0.3, 0.4) is 0 Å². The number of hydrogen-bond donors (Lipinski definition) is 3. The Bertz CT molecular complexity index is 1020. The fourth-order valence-electron chi connectivity index (χ4n) is 2.60. The Hall–Kier alpha value is -2.68. The Balaban J connectivity index is 1.66. The van der Waals surface area contributed by atoms with Crippen molar-refractivity contribution < 1.29 is 9.59 Å². The molecule has 0 aliphatic heterocycles. The maximum absolute atomic E-state index is 12.8. The lowest BCUT2D eigenvalue weighted by Gasteiger charge is -2.21. The lowest BCUT2D eigenvalue weighted by molar-refractivity contribution is -0.118. The van der Waals surface area contributed by atoms with Gasteiger partial charge >= 0.3 is 6.03 Å². The predicted molar refractivity (Wildman–Crippen MR) is 121 cm³/mol. The molecule has 2 aromatic carbocycles. The number of nitrogens with zero attached hydrogens (tertiary/aromatic N) is 2. The SMILES string of the molecule is CC(C)C(NC(=O)Nc1c(Cl)cccc1Cl)C(=O)Nc1nnc(-c2ccccc2)s1. The van der Waals surface area contributed by atoms with E-state index in [0.29, 0.717) is 20.2 Å². The van der Waals surface area contributed by atoms with Gasteiger partial charge in [-0.05, 0) is 18.1 Å². The highest BCUT2D eigenvalue weighted by Gasteiger charge is 2.26. The van der Waals surface area contributed by atoms with Gasteiger partial charge in [0.1, 0.15) is 11.0 Å². The summed E-state index contributed by atoms with van der Waals surface area (Å²) in [6, 6.07) is 13.0. The summed E-state index contributed by atoms with van der Waals surface area (Å²) in [6.07, 6.45) is 0. The second-order valence-corrected chi connectivity index (χ2v) is 8.48. The smallest absolute Gasteiger partial charge is 0.319 e. The zero-order chi connectivity index (χ0) is 21.7. The summed E-state index contributed by atoms with van der Waals surface area (Å²) in [7, 11) is 0. The molecule has 1 aromatic heterocycles. The van der Waals surface area contributed by atoms with E-state index in [1.54, 1.807) is 18.2 Å². The number of amides is 3. The average molecular weight is 464 g/mol. The van der Waals surface area contributed by atoms with Crippen molar-refractivity contribution in [2.45, 2.75) is 19.9 Å². The molecule has 156 valence electrons. The number of rotatable bonds is 6. The van der Waals surface area contributed by atoms with Gasteiger partial charge in [-0.1, -0.05) is 84.8 Å². The van der Waals surface area contributed by atoms with E-state index in [4.69, 9.17) is 23.2 Å². The maximum atomic E-state index is 12.8. The van der Waals surface area contributed by atoms with Crippen molar-refractivity contribution in [2.75, 3.05) is 10.6 Å². The Morgan fingerprint density at radius 1 is 0.933 bits per heavy atom. The highest BCUT2D eigenvalue weighted by molar-refractivity contribution is 7.18. The highest BCUT2D eigenvalue weighted by Crippen LogP contribution is 2.30. The van der Waals surface area contributed by atoms with Gasteiger partial charge < -0.3 is 10.6 Å². The minimum Gasteiger partial charge on any atom is -0.326 e. The first-order valence-electron chi connectivity index (χ1n) is 9.06. The van der Waals surface area contributed by atoms with E-state index >= 15 is 0 Å². The molecule has 3 aromatic rings. The molecule has 10 heteroatoms. The molecule has 1 heterocycles. The predicted octanol–water partition coefficient (Wildman–Crippen LogP) is 5.30. The number of urea groups is 1. The minimum atomic E-state index is -0.810. The first kappa shape index (κ1) is 22.0. The summed E-state index contributed by atoms with van der Waals surface area (Å²) in [5.41, 5.74) is 1.18. The van der Waals surface area contributed by atoms with Gasteiger partial charge in [-0.25, -0.2) is 4.79 Å². The zero-order valence-electron chi connectivity index (χ0n) is 16.1. The van der Waals surface area contributed by atoms with Crippen molar-refractivity contribution in [3.8, 4) is 10.6 Å². The second-order valence-electron chi connectivity index (χ2n) is 6.68. The van der Waals surface area contributed by atoms with Crippen molar-refractivity contribution in [3.63, 3.8) is 0 Å². The van der Waals surface area contributed by atoms with Crippen LogP contribution in [0.2, 0.25) is 10.0 Å². The van der Waals surface area contributed by atoms with Crippen molar-refractivity contribution in [3.05, 3.63) is 58.6 Å². The molecule has 0 radical (unpaired) electrons. The summed E-state index contributed by atoms with van der Waals surface area (Å²) in [5.74, 6) is -0.583.